The molecule has 2 heterocycles. The van der Waals surface area contributed by atoms with E-state index >= 15 is 0 Å². The second-order valence-corrected chi connectivity index (χ2v) is 8.40. The Hall–Kier alpha value is -3.60. The summed E-state index contributed by atoms with van der Waals surface area (Å²) < 4.78 is 7.11. The molecule has 0 aliphatic carbocycles. The molecule has 0 atom stereocenters. The zero-order valence-corrected chi connectivity index (χ0v) is 18.6. The first-order valence-corrected chi connectivity index (χ1v) is 10.7. The Balaban J connectivity index is 1.90. The van der Waals surface area contributed by atoms with E-state index in [4.69, 9.17) is 4.74 Å². The number of methoxy groups -OCH3 is 1. The maximum absolute atomic E-state index is 14.1. The number of hydrogen-bond acceptors (Lipinski definition) is 3. The number of aryl methyl sites for hydroxylation is 1. The van der Waals surface area contributed by atoms with Crippen LogP contribution in [0.15, 0.2) is 73.8 Å². The van der Waals surface area contributed by atoms with Crippen LogP contribution in [0.2, 0.25) is 0 Å². The first kappa shape index (κ1) is 21.6. The SMILES string of the molecule is C=CCC1(CC=C)CN(Cc2ccc(OC)cc2)C(=O)c2c(c3ccccc3n2C)C1=O. The molecule has 0 bridgehead atoms. The normalized spacial score (nSPS) is 15.4. The first-order chi connectivity index (χ1) is 15.5. The van der Waals surface area contributed by atoms with Crippen LogP contribution < -0.4 is 4.74 Å². The number of carbonyl (C=O) groups excluding carboxylic acids is 2. The molecule has 32 heavy (non-hydrogen) atoms. The van der Waals surface area contributed by atoms with Gasteiger partial charge in [0.05, 0.1) is 18.1 Å². The monoisotopic (exact) mass is 428 g/mol. The van der Waals surface area contributed by atoms with E-state index in [0.29, 0.717) is 37.2 Å². The van der Waals surface area contributed by atoms with Gasteiger partial charge in [-0.25, -0.2) is 0 Å². The van der Waals surface area contributed by atoms with Crippen molar-refractivity contribution in [2.24, 2.45) is 12.5 Å². The number of ketones is 1. The van der Waals surface area contributed by atoms with Crippen LogP contribution in [0.5, 0.6) is 5.75 Å². The van der Waals surface area contributed by atoms with Crippen molar-refractivity contribution >= 4 is 22.6 Å². The molecule has 0 saturated carbocycles. The summed E-state index contributed by atoms with van der Waals surface area (Å²) in [6.07, 6.45) is 4.47. The van der Waals surface area contributed by atoms with Crippen LogP contribution in [0.3, 0.4) is 0 Å². The summed E-state index contributed by atoms with van der Waals surface area (Å²) in [5.74, 6) is 0.599. The van der Waals surface area contributed by atoms with E-state index in [1.165, 1.54) is 0 Å². The maximum Gasteiger partial charge on any atom is 0.271 e. The number of fused-ring (bicyclic) bond motifs is 3. The average molecular weight is 429 g/mol. The Kier molecular flexibility index (Phi) is 5.74. The lowest BCUT2D eigenvalue weighted by Crippen LogP contribution is -2.42. The van der Waals surface area contributed by atoms with E-state index in [0.717, 1.165) is 22.2 Å². The summed E-state index contributed by atoms with van der Waals surface area (Å²) in [7, 11) is 3.48. The third-order valence-corrected chi connectivity index (χ3v) is 6.40. The van der Waals surface area contributed by atoms with Crippen molar-refractivity contribution < 1.29 is 14.3 Å². The number of aromatic nitrogens is 1. The van der Waals surface area contributed by atoms with Gasteiger partial charge in [-0.15, -0.1) is 13.2 Å². The Morgan fingerprint density at radius 2 is 1.69 bits per heavy atom. The molecule has 0 spiro atoms. The summed E-state index contributed by atoms with van der Waals surface area (Å²) in [5, 5.41) is 0.812. The standard InChI is InChI=1S/C27H28N2O3/c1-5-15-27(16-6-2)18-29(17-19-11-13-20(32-4)14-12-19)26(31)24-23(25(27)30)21-9-7-8-10-22(21)28(24)3/h5-14H,1-2,15-18H2,3-4H3. The van der Waals surface area contributed by atoms with Gasteiger partial charge in [0.1, 0.15) is 11.4 Å². The van der Waals surface area contributed by atoms with Crippen LogP contribution >= 0.6 is 0 Å². The van der Waals surface area contributed by atoms with Crippen molar-refractivity contribution in [3.8, 4) is 5.75 Å². The van der Waals surface area contributed by atoms with Crippen molar-refractivity contribution in [2.45, 2.75) is 19.4 Å². The van der Waals surface area contributed by atoms with E-state index in [1.54, 1.807) is 24.2 Å². The number of para-hydroxylation sites is 1. The molecule has 4 rings (SSSR count). The van der Waals surface area contributed by atoms with Gasteiger partial charge < -0.3 is 14.2 Å². The van der Waals surface area contributed by atoms with Crippen molar-refractivity contribution in [3.63, 3.8) is 0 Å². The van der Waals surface area contributed by atoms with Crippen LogP contribution in [0.1, 0.15) is 39.3 Å². The molecule has 5 nitrogen and oxygen atoms in total. The molecule has 0 saturated heterocycles. The molecular formula is C27H28N2O3. The Morgan fingerprint density at radius 3 is 2.31 bits per heavy atom. The smallest absolute Gasteiger partial charge is 0.271 e. The lowest BCUT2D eigenvalue weighted by molar-refractivity contribution is 0.0602. The third kappa shape index (κ3) is 3.44. The van der Waals surface area contributed by atoms with Crippen molar-refractivity contribution in [1.82, 2.24) is 9.47 Å². The summed E-state index contributed by atoms with van der Waals surface area (Å²) in [4.78, 5) is 29.8. The molecule has 1 aliphatic heterocycles. The molecule has 0 fully saturated rings. The zero-order valence-electron chi connectivity index (χ0n) is 18.6. The molecule has 2 aromatic carbocycles. The van der Waals surface area contributed by atoms with E-state index in [2.05, 4.69) is 13.2 Å². The number of carbonyl (C=O) groups is 2. The third-order valence-electron chi connectivity index (χ3n) is 6.40. The largest absolute Gasteiger partial charge is 0.497 e. The van der Waals surface area contributed by atoms with Crippen molar-refractivity contribution in [1.29, 1.82) is 0 Å². The number of allylic oxidation sites excluding steroid dienone is 2. The molecular weight excluding hydrogens is 400 g/mol. The van der Waals surface area contributed by atoms with E-state index in [-0.39, 0.29) is 11.7 Å². The first-order valence-electron chi connectivity index (χ1n) is 10.7. The van der Waals surface area contributed by atoms with Gasteiger partial charge in [-0.05, 0) is 36.6 Å². The van der Waals surface area contributed by atoms with Gasteiger partial charge in [0.15, 0.2) is 5.78 Å². The second-order valence-electron chi connectivity index (χ2n) is 8.40. The molecule has 1 aliphatic rings. The van der Waals surface area contributed by atoms with Crippen LogP contribution in [-0.4, -0.2) is 34.8 Å². The fraction of sp³-hybridized carbons (Fsp3) is 0.259. The molecule has 1 amide bonds. The highest BCUT2D eigenvalue weighted by Crippen LogP contribution is 2.41. The number of Topliss-reactive ketones (excluding diaryl/α,β-unsaturated/α-hetero) is 1. The Labute approximate surface area is 188 Å². The fourth-order valence-electron chi connectivity index (χ4n) is 4.83. The Bertz CT molecular complexity index is 1190. The van der Waals surface area contributed by atoms with E-state index < -0.39 is 5.41 Å². The molecule has 0 unspecified atom stereocenters. The lowest BCUT2D eigenvalue weighted by atomic mass is 9.74. The average Bonchev–Trinajstić information content (AvgIpc) is 3.06. The highest BCUT2D eigenvalue weighted by Gasteiger charge is 2.46. The van der Waals surface area contributed by atoms with E-state index in [9.17, 15) is 9.59 Å². The Morgan fingerprint density at radius 1 is 1.03 bits per heavy atom. The second kappa shape index (κ2) is 8.50. The topological polar surface area (TPSA) is 51.5 Å². The van der Waals surface area contributed by atoms with Crippen molar-refractivity contribution in [2.75, 3.05) is 13.7 Å². The van der Waals surface area contributed by atoms with Crippen LogP contribution in [0, 0.1) is 5.41 Å². The maximum atomic E-state index is 14.1. The molecule has 0 radical (unpaired) electrons. The molecule has 5 heteroatoms. The number of rotatable bonds is 7. The highest BCUT2D eigenvalue weighted by molar-refractivity contribution is 6.19. The van der Waals surface area contributed by atoms with Gasteiger partial charge in [-0.3, -0.25) is 9.59 Å². The van der Waals surface area contributed by atoms with Crippen LogP contribution in [0.25, 0.3) is 10.9 Å². The predicted octanol–water partition coefficient (Wildman–Crippen LogP) is 5.16. The van der Waals surface area contributed by atoms with Gasteiger partial charge in [-0.2, -0.15) is 0 Å². The van der Waals surface area contributed by atoms with E-state index in [1.807, 2.05) is 60.1 Å². The van der Waals surface area contributed by atoms with Gasteiger partial charge >= 0.3 is 0 Å². The molecule has 3 aromatic rings. The lowest BCUT2D eigenvalue weighted by Gasteiger charge is -2.34. The minimum atomic E-state index is -0.805. The van der Waals surface area contributed by atoms with Gasteiger partial charge in [-0.1, -0.05) is 42.5 Å². The minimum Gasteiger partial charge on any atom is -0.497 e. The predicted molar refractivity (Wildman–Crippen MR) is 127 cm³/mol. The quantitative estimate of drug-likeness (QED) is 0.488. The number of ether oxygens (including phenoxy) is 1. The van der Waals surface area contributed by atoms with Gasteiger partial charge in [0, 0.05) is 31.0 Å². The van der Waals surface area contributed by atoms with Crippen molar-refractivity contribution in [3.05, 3.63) is 90.7 Å². The molecule has 164 valence electrons. The minimum absolute atomic E-state index is 0.0188. The summed E-state index contributed by atoms with van der Waals surface area (Å²) >= 11 is 0. The van der Waals surface area contributed by atoms with Gasteiger partial charge in [0.2, 0.25) is 0 Å². The van der Waals surface area contributed by atoms with Crippen LogP contribution in [-0.2, 0) is 13.6 Å². The number of benzene rings is 2. The number of amides is 1. The summed E-state index contributed by atoms with van der Waals surface area (Å²) in [5.41, 5.74) is 1.99. The van der Waals surface area contributed by atoms with Crippen LogP contribution in [0.4, 0.5) is 0 Å². The highest BCUT2D eigenvalue weighted by atomic mass is 16.5. The molecule has 0 N–H and O–H groups in total. The summed E-state index contributed by atoms with van der Waals surface area (Å²) in [6.45, 7) is 8.52. The summed E-state index contributed by atoms with van der Waals surface area (Å²) in [6, 6.07) is 15.4. The van der Waals surface area contributed by atoms with Gasteiger partial charge in [0.25, 0.3) is 5.91 Å². The number of hydrogen-bond donors (Lipinski definition) is 0. The molecule has 1 aromatic heterocycles. The number of nitrogens with zero attached hydrogens (tertiary/aromatic N) is 2. The fourth-order valence-corrected chi connectivity index (χ4v) is 4.83. The zero-order chi connectivity index (χ0) is 22.9.